The fraction of sp³-hybridized carbons (Fsp3) is 0.263. The molecular formula is C19H19N3OS. The molecule has 2 aromatic heterocycles. The molecule has 122 valence electrons. The summed E-state index contributed by atoms with van der Waals surface area (Å²) in [5.41, 5.74) is 11.6. The Morgan fingerprint density at radius 3 is 2.75 bits per heavy atom. The molecule has 1 aliphatic rings. The van der Waals surface area contributed by atoms with Gasteiger partial charge in [0.25, 0.3) is 0 Å². The number of nitrogens with zero attached hydrogens (tertiary/aromatic N) is 2. The van der Waals surface area contributed by atoms with Crippen molar-refractivity contribution < 1.29 is 4.79 Å². The Bertz CT molecular complexity index is 946. The van der Waals surface area contributed by atoms with Crippen LogP contribution in [0.5, 0.6) is 0 Å². The highest BCUT2D eigenvalue weighted by atomic mass is 32.1. The molecule has 0 aliphatic carbocycles. The maximum atomic E-state index is 12.0. The van der Waals surface area contributed by atoms with Crippen LogP contribution in [0, 0.1) is 0 Å². The third-order valence-electron chi connectivity index (χ3n) is 4.60. The number of Topliss-reactive ketones (excluding diaryl/α,β-unsaturated/α-hetero) is 1. The van der Waals surface area contributed by atoms with Crippen LogP contribution in [-0.2, 0) is 13.0 Å². The molecule has 0 spiro atoms. The lowest BCUT2D eigenvalue weighted by molar-refractivity contribution is 0.102. The molecule has 0 radical (unpaired) electrons. The first-order valence-corrected chi connectivity index (χ1v) is 8.86. The minimum Gasteiger partial charge on any atom is -0.397 e. The second kappa shape index (κ2) is 5.69. The molecule has 3 heterocycles. The summed E-state index contributed by atoms with van der Waals surface area (Å²) in [6, 6.07) is 10.3. The summed E-state index contributed by atoms with van der Waals surface area (Å²) in [5, 5.41) is 0.936. The Balaban J connectivity index is 2.12. The molecule has 2 N–H and O–H groups in total. The molecule has 24 heavy (non-hydrogen) atoms. The van der Waals surface area contributed by atoms with Gasteiger partial charge in [0.1, 0.15) is 4.83 Å². The van der Waals surface area contributed by atoms with Crippen LogP contribution in [0.4, 0.5) is 5.69 Å². The zero-order chi connectivity index (χ0) is 16.8. The molecule has 0 unspecified atom stereocenters. The number of ketones is 1. The van der Waals surface area contributed by atoms with Crippen molar-refractivity contribution in [3.8, 4) is 11.1 Å². The van der Waals surface area contributed by atoms with Crippen molar-refractivity contribution in [1.29, 1.82) is 0 Å². The second-order valence-corrected chi connectivity index (χ2v) is 7.35. The minimum atomic E-state index is 0.00426. The average Bonchev–Trinajstić information content (AvgIpc) is 2.90. The second-order valence-electron chi connectivity index (χ2n) is 6.35. The van der Waals surface area contributed by atoms with Crippen molar-refractivity contribution >= 4 is 33.0 Å². The summed E-state index contributed by atoms with van der Waals surface area (Å²) in [6.07, 6.45) is 0.925. The Morgan fingerprint density at radius 1 is 1.29 bits per heavy atom. The molecule has 4 nitrogen and oxygen atoms in total. The van der Waals surface area contributed by atoms with Crippen LogP contribution in [-0.4, -0.2) is 29.3 Å². The van der Waals surface area contributed by atoms with Gasteiger partial charge in [-0.3, -0.25) is 4.79 Å². The van der Waals surface area contributed by atoms with Crippen molar-refractivity contribution in [2.45, 2.75) is 19.9 Å². The monoisotopic (exact) mass is 337 g/mol. The van der Waals surface area contributed by atoms with E-state index in [0.717, 1.165) is 46.5 Å². The van der Waals surface area contributed by atoms with Gasteiger partial charge in [0.05, 0.1) is 10.6 Å². The van der Waals surface area contributed by atoms with E-state index in [2.05, 4.69) is 24.1 Å². The zero-order valence-electron chi connectivity index (χ0n) is 13.8. The number of hydrogen-bond donors (Lipinski definition) is 1. The van der Waals surface area contributed by atoms with Crippen molar-refractivity contribution in [3.05, 3.63) is 46.5 Å². The fourth-order valence-electron chi connectivity index (χ4n) is 3.44. The van der Waals surface area contributed by atoms with Gasteiger partial charge in [-0.15, -0.1) is 11.3 Å². The molecule has 4 rings (SSSR count). The normalized spacial score (nSPS) is 14.8. The van der Waals surface area contributed by atoms with E-state index in [1.807, 2.05) is 18.2 Å². The standard InChI is InChI=1S/C19H19N3OS/c1-11(23)18-17(20)16-15(12-6-4-3-5-7-12)13-10-22(2)9-8-14(13)21-19(16)24-18/h3-7H,8-10,20H2,1-2H3. The number of anilines is 1. The summed E-state index contributed by atoms with van der Waals surface area (Å²) in [5.74, 6) is 0.00426. The number of thiophene rings is 1. The third kappa shape index (κ3) is 2.32. The fourth-order valence-corrected chi connectivity index (χ4v) is 4.46. The van der Waals surface area contributed by atoms with Crippen LogP contribution in [0.3, 0.4) is 0 Å². The molecule has 0 amide bonds. The number of aromatic nitrogens is 1. The molecular weight excluding hydrogens is 318 g/mol. The van der Waals surface area contributed by atoms with Gasteiger partial charge in [-0.05, 0) is 18.2 Å². The number of rotatable bonds is 2. The van der Waals surface area contributed by atoms with Crippen LogP contribution < -0.4 is 5.73 Å². The molecule has 0 atom stereocenters. The SMILES string of the molecule is CC(=O)c1sc2nc3c(c(-c4ccccc4)c2c1N)CN(C)CC3. The van der Waals surface area contributed by atoms with Gasteiger partial charge in [-0.1, -0.05) is 30.3 Å². The van der Waals surface area contributed by atoms with E-state index < -0.39 is 0 Å². The van der Waals surface area contributed by atoms with Crippen LogP contribution in [0.1, 0.15) is 27.9 Å². The molecule has 0 saturated heterocycles. The number of likely N-dealkylation sites (N-methyl/N-ethyl adjacent to an activating group) is 1. The molecule has 0 bridgehead atoms. The van der Waals surface area contributed by atoms with Gasteiger partial charge >= 0.3 is 0 Å². The third-order valence-corrected chi connectivity index (χ3v) is 5.80. The van der Waals surface area contributed by atoms with E-state index in [1.54, 1.807) is 6.92 Å². The van der Waals surface area contributed by atoms with E-state index in [1.165, 1.54) is 16.9 Å². The first-order valence-electron chi connectivity index (χ1n) is 8.05. The van der Waals surface area contributed by atoms with Gasteiger partial charge < -0.3 is 10.6 Å². The molecule has 3 aromatic rings. The highest BCUT2D eigenvalue weighted by molar-refractivity contribution is 7.21. The summed E-state index contributed by atoms with van der Waals surface area (Å²) >= 11 is 1.42. The average molecular weight is 337 g/mol. The highest BCUT2D eigenvalue weighted by Gasteiger charge is 2.25. The van der Waals surface area contributed by atoms with Gasteiger partial charge in [-0.2, -0.15) is 0 Å². The van der Waals surface area contributed by atoms with Crippen molar-refractivity contribution in [2.75, 3.05) is 19.3 Å². The van der Waals surface area contributed by atoms with Gasteiger partial charge in [0.2, 0.25) is 0 Å². The predicted octanol–water partition coefficient (Wildman–Crippen LogP) is 3.74. The number of nitrogen functional groups attached to an aromatic ring is 1. The van der Waals surface area contributed by atoms with Gasteiger partial charge in [0, 0.05) is 43.1 Å². The highest BCUT2D eigenvalue weighted by Crippen LogP contribution is 2.43. The lowest BCUT2D eigenvalue weighted by atomic mass is 9.92. The number of nitrogens with two attached hydrogens (primary N) is 1. The quantitative estimate of drug-likeness (QED) is 0.724. The van der Waals surface area contributed by atoms with Crippen LogP contribution in [0.15, 0.2) is 30.3 Å². The van der Waals surface area contributed by atoms with Crippen molar-refractivity contribution in [3.63, 3.8) is 0 Å². The number of hydrogen-bond acceptors (Lipinski definition) is 5. The number of fused-ring (bicyclic) bond motifs is 2. The van der Waals surface area contributed by atoms with E-state index >= 15 is 0 Å². The summed E-state index contributed by atoms with van der Waals surface area (Å²) in [7, 11) is 2.12. The van der Waals surface area contributed by atoms with Crippen molar-refractivity contribution in [1.82, 2.24) is 9.88 Å². The van der Waals surface area contributed by atoms with E-state index in [-0.39, 0.29) is 5.78 Å². The maximum absolute atomic E-state index is 12.0. The first kappa shape index (κ1) is 15.3. The van der Waals surface area contributed by atoms with Crippen molar-refractivity contribution in [2.24, 2.45) is 0 Å². The lowest BCUT2D eigenvalue weighted by Crippen LogP contribution is -2.27. The zero-order valence-corrected chi connectivity index (χ0v) is 14.6. The Labute approximate surface area is 144 Å². The maximum Gasteiger partial charge on any atom is 0.171 e. The number of benzene rings is 1. The topological polar surface area (TPSA) is 59.2 Å². The van der Waals surface area contributed by atoms with E-state index in [9.17, 15) is 4.79 Å². The van der Waals surface area contributed by atoms with Crippen LogP contribution >= 0.6 is 11.3 Å². The largest absolute Gasteiger partial charge is 0.397 e. The predicted molar refractivity (Wildman–Crippen MR) is 99.5 cm³/mol. The Hall–Kier alpha value is -2.24. The van der Waals surface area contributed by atoms with E-state index in [4.69, 9.17) is 10.7 Å². The summed E-state index contributed by atoms with van der Waals surface area (Å²) < 4.78 is 0. The molecule has 1 aliphatic heterocycles. The van der Waals surface area contributed by atoms with E-state index in [0.29, 0.717) is 10.6 Å². The molecule has 1 aromatic carbocycles. The number of carbonyl (C=O) groups excluding carboxylic acids is 1. The smallest absolute Gasteiger partial charge is 0.171 e. The summed E-state index contributed by atoms with van der Waals surface area (Å²) in [4.78, 5) is 20.6. The number of pyridine rings is 1. The molecule has 0 fully saturated rings. The summed E-state index contributed by atoms with van der Waals surface area (Å²) in [6.45, 7) is 3.42. The first-order chi connectivity index (χ1) is 11.6. The Kier molecular flexibility index (Phi) is 3.62. The lowest BCUT2D eigenvalue weighted by Gasteiger charge is -2.27. The minimum absolute atomic E-state index is 0.00426. The van der Waals surface area contributed by atoms with Gasteiger partial charge in [0.15, 0.2) is 5.78 Å². The molecule has 5 heteroatoms. The van der Waals surface area contributed by atoms with Crippen LogP contribution in [0.2, 0.25) is 0 Å². The Morgan fingerprint density at radius 2 is 2.04 bits per heavy atom. The van der Waals surface area contributed by atoms with Gasteiger partial charge in [-0.25, -0.2) is 4.98 Å². The number of carbonyl (C=O) groups is 1. The van der Waals surface area contributed by atoms with Crippen LogP contribution in [0.25, 0.3) is 21.3 Å². The molecule has 0 saturated carbocycles.